The number of carbonyl (C=O) groups is 2. The maximum absolute atomic E-state index is 12.4. The van der Waals surface area contributed by atoms with Gasteiger partial charge in [-0.15, -0.1) is 0 Å². The number of nitrogens with one attached hydrogen (secondary N) is 1. The second-order valence-electron chi connectivity index (χ2n) is 6.02. The molecule has 2 aromatic rings. The van der Waals surface area contributed by atoms with Crippen LogP contribution in [0, 0.1) is 0 Å². The molecule has 0 radical (unpaired) electrons. The van der Waals surface area contributed by atoms with Crippen molar-refractivity contribution in [1.29, 1.82) is 0 Å². The van der Waals surface area contributed by atoms with Gasteiger partial charge in [0, 0.05) is 6.54 Å². The third-order valence-electron chi connectivity index (χ3n) is 4.18. The number of carbonyl (C=O) groups excluding carboxylic acids is 2. The SMILES string of the molecule is CC[C@H](C(=O)O[C@H](C)C(=O)NCc1ccc(OC)cc1)c1ccccc1. The van der Waals surface area contributed by atoms with Gasteiger partial charge in [0.15, 0.2) is 6.10 Å². The summed E-state index contributed by atoms with van der Waals surface area (Å²) in [6.45, 7) is 3.87. The predicted octanol–water partition coefficient (Wildman–Crippen LogP) is 3.44. The molecule has 0 saturated heterocycles. The molecule has 26 heavy (non-hydrogen) atoms. The van der Waals surface area contributed by atoms with E-state index in [0.29, 0.717) is 13.0 Å². The fourth-order valence-electron chi connectivity index (χ4n) is 2.61. The van der Waals surface area contributed by atoms with E-state index in [1.807, 2.05) is 61.5 Å². The summed E-state index contributed by atoms with van der Waals surface area (Å²) in [5.41, 5.74) is 1.83. The lowest BCUT2D eigenvalue weighted by Gasteiger charge is -2.18. The molecule has 0 aliphatic carbocycles. The fourth-order valence-corrected chi connectivity index (χ4v) is 2.61. The Balaban J connectivity index is 1.87. The highest BCUT2D eigenvalue weighted by molar-refractivity contribution is 5.85. The Morgan fingerprint density at radius 1 is 1.04 bits per heavy atom. The van der Waals surface area contributed by atoms with Crippen LogP contribution in [0.15, 0.2) is 54.6 Å². The van der Waals surface area contributed by atoms with Crippen LogP contribution >= 0.6 is 0 Å². The Labute approximate surface area is 154 Å². The van der Waals surface area contributed by atoms with Gasteiger partial charge in [0.1, 0.15) is 5.75 Å². The van der Waals surface area contributed by atoms with Gasteiger partial charge < -0.3 is 14.8 Å². The van der Waals surface area contributed by atoms with Crippen LogP contribution in [-0.4, -0.2) is 25.1 Å². The first-order valence-corrected chi connectivity index (χ1v) is 8.71. The molecule has 2 aromatic carbocycles. The van der Waals surface area contributed by atoms with Crippen molar-refractivity contribution >= 4 is 11.9 Å². The molecule has 0 aliphatic heterocycles. The first-order valence-electron chi connectivity index (χ1n) is 8.71. The molecule has 5 heteroatoms. The van der Waals surface area contributed by atoms with E-state index >= 15 is 0 Å². The van der Waals surface area contributed by atoms with Crippen LogP contribution in [0.2, 0.25) is 0 Å². The van der Waals surface area contributed by atoms with Crippen molar-refractivity contribution in [2.75, 3.05) is 7.11 Å². The Morgan fingerprint density at radius 3 is 2.27 bits per heavy atom. The monoisotopic (exact) mass is 355 g/mol. The number of methoxy groups -OCH3 is 1. The van der Waals surface area contributed by atoms with Crippen LogP contribution in [0.3, 0.4) is 0 Å². The average molecular weight is 355 g/mol. The third kappa shape index (κ3) is 5.34. The Morgan fingerprint density at radius 2 is 1.69 bits per heavy atom. The van der Waals surface area contributed by atoms with Crippen LogP contribution < -0.4 is 10.1 Å². The summed E-state index contributed by atoms with van der Waals surface area (Å²) in [6, 6.07) is 16.9. The number of benzene rings is 2. The van der Waals surface area contributed by atoms with Gasteiger partial charge in [-0.25, -0.2) is 0 Å². The van der Waals surface area contributed by atoms with Crippen molar-refractivity contribution in [2.24, 2.45) is 0 Å². The quantitative estimate of drug-likeness (QED) is 0.737. The van der Waals surface area contributed by atoms with Gasteiger partial charge in [-0.05, 0) is 36.6 Å². The van der Waals surface area contributed by atoms with Crippen molar-refractivity contribution in [3.05, 3.63) is 65.7 Å². The molecule has 1 N–H and O–H groups in total. The van der Waals surface area contributed by atoms with Gasteiger partial charge in [0.2, 0.25) is 0 Å². The zero-order chi connectivity index (χ0) is 18.9. The van der Waals surface area contributed by atoms with Crippen LogP contribution in [0.4, 0.5) is 0 Å². The summed E-state index contributed by atoms with van der Waals surface area (Å²) < 4.78 is 10.5. The van der Waals surface area contributed by atoms with Crippen molar-refractivity contribution in [3.63, 3.8) is 0 Å². The minimum Gasteiger partial charge on any atom is -0.497 e. The zero-order valence-corrected chi connectivity index (χ0v) is 15.4. The molecular formula is C21H25NO4. The number of amides is 1. The van der Waals surface area contributed by atoms with Gasteiger partial charge in [-0.2, -0.15) is 0 Å². The standard InChI is InChI=1S/C21H25NO4/c1-4-19(17-8-6-5-7-9-17)21(24)26-15(2)20(23)22-14-16-10-12-18(25-3)13-11-16/h5-13,15,19H,4,14H2,1-3H3,(H,22,23)/t15-,19+/m1/s1. The highest BCUT2D eigenvalue weighted by Crippen LogP contribution is 2.21. The van der Waals surface area contributed by atoms with Crippen LogP contribution in [-0.2, 0) is 20.9 Å². The molecule has 1 amide bonds. The molecule has 0 unspecified atom stereocenters. The van der Waals surface area contributed by atoms with Gasteiger partial charge in [0.25, 0.3) is 5.91 Å². The summed E-state index contributed by atoms with van der Waals surface area (Å²) in [5, 5.41) is 2.78. The minimum atomic E-state index is -0.849. The summed E-state index contributed by atoms with van der Waals surface area (Å²) in [6.07, 6.45) is -0.234. The van der Waals surface area contributed by atoms with E-state index in [1.54, 1.807) is 14.0 Å². The molecule has 2 rings (SSSR count). The lowest BCUT2D eigenvalue weighted by atomic mass is 9.97. The minimum absolute atomic E-state index is 0.322. The molecule has 138 valence electrons. The Hall–Kier alpha value is -2.82. The maximum atomic E-state index is 12.4. The highest BCUT2D eigenvalue weighted by Gasteiger charge is 2.24. The summed E-state index contributed by atoms with van der Waals surface area (Å²) in [7, 11) is 1.60. The van der Waals surface area contributed by atoms with Gasteiger partial charge >= 0.3 is 5.97 Å². The smallest absolute Gasteiger partial charge is 0.314 e. The fraction of sp³-hybridized carbons (Fsp3) is 0.333. The van der Waals surface area contributed by atoms with Crippen molar-refractivity contribution < 1.29 is 19.1 Å². The van der Waals surface area contributed by atoms with Crippen molar-refractivity contribution in [1.82, 2.24) is 5.32 Å². The number of hydrogen-bond donors (Lipinski definition) is 1. The van der Waals surface area contributed by atoms with E-state index in [2.05, 4.69) is 5.32 Å². The highest BCUT2D eigenvalue weighted by atomic mass is 16.5. The second-order valence-corrected chi connectivity index (χ2v) is 6.02. The van der Waals surface area contributed by atoms with Crippen LogP contribution in [0.1, 0.15) is 37.3 Å². The lowest BCUT2D eigenvalue weighted by Crippen LogP contribution is -2.36. The van der Waals surface area contributed by atoms with E-state index in [-0.39, 0.29) is 17.8 Å². The molecule has 0 bridgehead atoms. The zero-order valence-electron chi connectivity index (χ0n) is 15.4. The number of rotatable bonds is 8. The molecule has 0 fully saturated rings. The van der Waals surface area contributed by atoms with E-state index in [0.717, 1.165) is 16.9 Å². The maximum Gasteiger partial charge on any atom is 0.314 e. The second kappa shape index (κ2) is 9.61. The van der Waals surface area contributed by atoms with Crippen molar-refractivity contribution in [3.8, 4) is 5.75 Å². The molecule has 0 spiro atoms. The first kappa shape index (κ1) is 19.5. The molecule has 0 saturated carbocycles. The van der Waals surface area contributed by atoms with E-state index in [9.17, 15) is 9.59 Å². The molecule has 0 heterocycles. The number of ether oxygens (including phenoxy) is 2. The van der Waals surface area contributed by atoms with Crippen molar-refractivity contribution in [2.45, 2.75) is 38.8 Å². The average Bonchev–Trinajstić information content (AvgIpc) is 2.67. The van der Waals surface area contributed by atoms with E-state index in [4.69, 9.17) is 9.47 Å². The normalized spacial score (nSPS) is 12.7. The van der Waals surface area contributed by atoms with Crippen LogP contribution in [0.25, 0.3) is 0 Å². The lowest BCUT2D eigenvalue weighted by molar-refractivity contribution is -0.156. The number of esters is 1. The first-order chi connectivity index (χ1) is 12.5. The van der Waals surface area contributed by atoms with Gasteiger partial charge in [-0.1, -0.05) is 49.4 Å². The summed E-state index contributed by atoms with van der Waals surface area (Å²) >= 11 is 0. The van der Waals surface area contributed by atoms with E-state index in [1.165, 1.54) is 0 Å². The predicted molar refractivity (Wildman–Crippen MR) is 99.9 cm³/mol. The third-order valence-corrected chi connectivity index (χ3v) is 4.18. The van der Waals surface area contributed by atoms with Crippen LogP contribution in [0.5, 0.6) is 5.75 Å². The van der Waals surface area contributed by atoms with Gasteiger partial charge in [0.05, 0.1) is 13.0 Å². The summed E-state index contributed by atoms with van der Waals surface area (Å²) in [5.74, 6) is -0.315. The Bertz CT molecular complexity index is 713. The molecule has 5 nitrogen and oxygen atoms in total. The molecular weight excluding hydrogens is 330 g/mol. The van der Waals surface area contributed by atoms with Gasteiger partial charge in [-0.3, -0.25) is 9.59 Å². The van der Waals surface area contributed by atoms with E-state index < -0.39 is 6.10 Å². The largest absolute Gasteiger partial charge is 0.497 e. The number of hydrogen-bond acceptors (Lipinski definition) is 4. The molecule has 0 aromatic heterocycles. The molecule has 0 aliphatic rings. The molecule has 2 atom stereocenters. The summed E-state index contributed by atoms with van der Waals surface area (Å²) in [4.78, 5) is 24.6. The topological polar surface area (TPSA) is 64.6 Å². The Kier molecular flexibility index (Phi) is 7.21.